The minimum Gasteiger partial charge on any atom is -0.353 e. The van der Waals surface area contributed by atoms with Crippen LogP contribution in [0.4, 0.5) is 18.9 Å². The first-order valence-corrected chi connectivity index (χ1v) is 7.35. The predicted octanol–water partition coefficient (Wildman–Crippen LogP) is 3.37. The molecule has 2 rings (SSSR count). The molecule has 5 nitrogen and oxygen atoms in total. The van der Waals surface area contributed by atoms with E-state index in [0.717, 1.165) is 0 Å². The van der Waals surface area contributed by atoms with Crippen LogP contribution < -0.4 is 5.32 Å². The first-order valence-electron chi connectivity index (χ1n) is 7.35. The largest absolute Gasteiger partial charge is 0.391 e. The van der Waals surface area contributed by atoms with Crippen LogP contribution in [0.25, 0.3) is 0 Å². The van der Waals surface area contributed by atoms with Gasteiger partial charge in [0.15, 0.2) is 0 Å². The fourth-order valence-electron chi connectivity index (χ4n) is 2.91. The number of benzene rings is 1. The second kappa shape index (κ2) is 6.97. The lowest BCUT2D eigenvalue weighted by molar-refractivity contribution is -0.385. The number of nitro benzene ring substituents is 1. The van der Waals surface area contributed by atoms with Gasteiger partial charge in [-0.05, 0) is 19.3 Å². The molecule has 1 saturated carbocycles. The molecule has 2 unspecified atom stereocenters. The maximum Gasteiger partial charge on any atom is 0.391 e. The lowest BCUT2D eigenvalue weighted by atomic mass is 9.85. The predicted molar refractivity (Wildman–Crippen MR) is 76.7 cm³/mol. The highest BCUT2D eigenvalue weighted by Gasteiger charge is 2.42. The van der Waals surface area contributed by atoms with Gasteiger partial charge in [0.05, 0.1) is 17.3 Å². The molecule has 1 amide bonds. The van der Waals surface area contributed by atoms with E-state index in [-0.39, 0.29) is 30.5 Å². The Hall–Kier alpha value is -2.12. The van der Waals surface area contributed by atoms with Crippen molar-refractivity contribution in [3.63, 3.8) is 0 Å². The number of alkyl halides is 3. The van der Waals surface area contributed by atoms with Gasteiger partial charge >= 0.3 is 6.18 Å². The highest BCUT2D eigenvalue weighted by atomic mass is 19.4. The summed E-state index contributed by atoms with van der Waals surface area (Å²) < 4.78 is 38.3. The quantitative estimate of drug-likeness (QED) is 0.679. The molecule has 1 aromatic rings. The van der Waals surface area contributed by atoms with Crippen molar-refractivity contribution in [1.82, 2.24) is 5.32 Å². The Labute approximate surface area is 131 Å². The molecule has 0 heterocycles. The Morgan fingerprint density at radius 1 is 1.30 bits per heavy atom. The Kier molecular flexibility index (Phi) is 5.23. The molecule has 2 atom stereocenters. The normalized spacial score (nSPS) is 21.7. The molecule has 0 aromatic heterocycles. The summed E-state index contributed by atoms with van der Waals surface area (Å²) in [6.07, 6.45) is -3.62. The summed E-state index contributed by atoms with van der Waals surface area (Å²) in [6, 6.07) is 5.30. The van der Waals surface area contributed by atoms with Gasteiger partial charge in [-0.15, -0.1) is 0 Å². The van der Waals surface area contributed by atoms with Crippen LogP contribution in [0.2, 0.25) is 0 Å². The van der Waals surface area contributed by atoms with Gasteiger partial charge in [0, 0.05) is 17.7 Å². The maximum atomic E-state index is 12.8. The molecular formula is C15H17F3N2O3. The van der Waals surface area contributed by atoms with Crippen LogP contribution in [-0.2, 0) is 11.2 Å². The van der Waals surface area contributed by atoms with Crippen LogP contribution in [0.3, 0.4) is 0 Å². The third-order valence-electron chi connectivity index (χ3n) is 4.04. The molecule has 1 aliphatic rings. The lowest BCUT2D eigenvalue weighted by Gasteiger charge is -2.31. The van der Waals surface area contributed by atoms with Gasteiger partial charge < -0.3 is 5.32 Å². The van der Waals surface area contributed by atoms with Gasteiger partial charge in [-0.2, -0.15) is 13.2 Å². The van der Waals surface area contributed by atoms with E-state index in [0.29, 0.717) is 12.8 Å². The van der Waals surface area contributed by atoms with Crippen molar-refractivity contribution in [2.24, 2.45) is 5.92 Å². The highest BCUT2D eigenvalue weighted by Crippen LogP contribution is 2.37. The van der Waals surface area contributed by atoms with Crippen LogP contribution in [-0.4, -0.2) is 23.0 Å². The Bertz CT molecular complexity index is 590. The van der Waals surface area contributed by atoms with Crippen molar-refractivity contribution >= 4 is 11.6 Å². The zero-order chi connectivity index (χ0) is 17.0. The summed E-state index contributed by atoms with van der Waals surface area (Å²) >= 11 is 0. The van der Waals surface area contributed by atoms with Crippen molar-refractivity contribution in [2.75, 3.05) is 0 Å². The van der Waals surface area contributed by atoms with E-state index in [1.165, 1.54) is 18.2 Å². The van der Waals surface area contributed by atoms with Crippen molar-refractivity contribution in [3.8, 4) is 0 Å². The van der Waals surface area contributed by atoms with Crippen molar-refractivity contribution in [1.29, 1.82) is 0 Å². The van der Waals surface area contributed by atoms with E-state index in [1.54, 1.807) is 6.07 Å². The molecule has 1 fully saturated rings. The topological polar surface area (TPSA) is 72.2 Å². The summed E-state index contributed by atoms with van der Waals surface area (Å²) in [4.78, 5) is 22.3. The van der Waals surface area contributed by atoms with E-state index in [4.69, 9.17) is 0 Å². The van der Waals surface area contributed by atoms with Crippen LogP contribution >= 0.6 is 0 Å². The average Bonchev–Trinajstić information content (AvgIpc) is 2.46. The molecule has 0 radical (unpaired) electrons. The van der Waals surface area contributed by atoms with Crippen molar-refractivity contribution in [3.05, 3.63) is 39.9 Å². The molecule has 126 valence electrons. The molecule has 0 saturated heterocycles. The first-order chi connectivity index (χ1) is 10.8. The smallest absolute Gasteiger partial charge is 0.353 e. The Morgan fingerprint density at radius 2 is 2.00 bits per heavy atom. The number of amides is 1. The van der Waals surface area contributed by atoms with E-state index >= 15 is 0 Å². The molecule has 1 aliphatic carbocycles. The monoisotopic (exact) mass is 330 g/mol. The number of para-hydroxylation sites is 1. The lowest BCUT2D eigenvalue weighted by Crippen LogP contribution is -2.42. The second-order valence-electron chi connectivity index (χ2n) is 5.73. The van der Waals surface area contributed by atoms with Gasteiger partial charge in [0.2, 0.25) is 5.91 Å². The number of halogens is 3. The number of carbonyl (C=O) groups excluding carboxylic acids is 1. The van der Waals surface area contributed by atoms with Gasteiger partial charge in [-0.1, -0.05) is 24.6 Å². The average molecular weight is 330 g/mol. The summed E-state index contributed by atoms with van der Waals surface area (Å²) in [7, 11) is 0. The molecule has 0 spiro atoms. The second-order valence-corrected chi connectivity index (χ2v) is 5.73. The number of hydrogen-bond donors (Lipinski definition) is 1. The van der Waals surface area contributed by atoms with Crippen LogP contribution in [0.15, 0.2) is 24.3 Å². The summed E-state index contributed by atoms with van der Waals surface area (Å²) in [5.41, 5.74) is 0.0812. The SMILES string of the molecule is O=C(Cc1ccccc1[N+](=O)[O-])NC1CCCC(C(F)(F)F)C1. The number of nitrogens with zero attached hydrogens (tertiary/aromatic N) is 1. The fourth-order valence-corrected chi connectivity index (χ4v) is 2.91. The Morgan fingerprint density at radius 3 is 2.65 bits per heavy atom. The third kappa shape index (κ3) is 4.67. The molecular weight excluding hydrogens is 313 g/mol. The number of carbonyl (C=O) groups is 1. The van der Waals surface area contributed by atoms with Crippen molar-refractivity contribution < 1.29 is 22.9 Å². The molecule has 23 heavy (non-hydrogen) atoms. The van der Waals surface area contributed by atoms with E-state index in [9.17, 15) is 28.1 Å². The zero-order valence-corrected chi connectivity index (χ0v) is 12.3. The van der Waals surface area contributed by atoms with Crippen LogP contribution in [0.1, 0.15) is 31.2 Å². The summed E-state index contributed by atoms with van der Waals surface area (Å²) in [6.45, 7) is 0. The number of nitro groups is 1. The van der Waals surface area contributed by atoms with E-state index in [1.807, 2.05) is 0 Å². The van der Waals surface area contributed by atoms with Gasteiger partial charge in [-0.3, -0.25) is 14.9 Å². The minimum atomic E-state index is -4.25. The summed E-state index contributed by atoms with van der Waals surface area (Å²) in [5, 5.41) is 13.5. The molecule has 1 aromatic carbocycles. The molecule has 8 heteroatoms. The zero-order valence-electron chi connectivity index (χ0n) is 12.3. The van der Waals surface area contributed by atoms with Crippen molar-refractivity contribution in [2.45, 2.75) is 44.3 Å². The number of hydrogen-bond acceptors (Lipinski definition) is 3. The van der Waals surface area contributed by atoms with Gasteiger partial charge in [0.25, 0.3) is 5.69 Å². The Balaban J connectivity index is 1.96. The maximum absolute atomic E-state index is 12.8. The number of nitrogens with one attached hydrogen (secondary N) is 1. The first kappa shape index (κ1) is 17.2. The fraction of sp³-hybridized carbons (Fsp3) is 0.533. The van der Waals surface area contributed by atoms with Crippen LogP contribution in [0, 0.1) is 16.0 Å². The van der Waals surface area contributed by atoms with E-state index in [2.05, 4.69) is 5.32 Å². The number of rotatable bonds is 4. The highest BCUT2D eigenvalue weighted by molar-refractivity contribution is 5.80. The van der Waals surface area contributed by atoms with E-state index < -0.39 is 29.0 Å². The molecule has 0 aliphatic heterocycles. The minimum absolute atomic E-state index is 0.0834. The van der Waals surface area contributed by atoms with Crippen LogP contribution in [0.5, 0.6) is 0 Å². The summed E-state index contributed by atoms with van der Waals surface area (Å²) in [5.74, 6) is -1.89. The van der Waals surface area contributed by atoms with Gasteiger partial charge in [0.1, 0.15) is 0 Å². The third-order valence-corrected chi connectivity index (χ3v) is 4.04. The standard InChI is InChI=1S/C15H17F3N2O3/c16-15(17,18)11-5-3-6-12(9-11)19-14(21)8-10-4-1-2-7-13(10)20(22)23/h1-2,4,7,11-12H,3,5-6,8-9H2,(H,19,21). The molecule has 1 N–H and O–H groups in total. The molecule has 0 bridgehead atoms. The van der Waals surface area contributed by atoms with Gasteiger partial charge in [-0.25, -0.2) is 0 Å².